The fraction of sp³-hybridized carbons (Fsp3) is 0.231. The number of halogens is 2. The van der Waals surface area contributed by atoms with Crippen LogP contribution >= 0.6 is 27.3 Å². The van der Waals surface area contributed by atoms with Crippen LogP contribution in [0.2, 0.25) is 0 Å². The van der Waals surface area contributed by atoms with Crippen LogP contribution in [-0.4, -0.2) is 7.05 Å². The molecule has 0 aliphatic rings. The van der Waals surface area contributed by atoms with Crippen molar-refractivity contribution in [1.29, 1.82) is 0 Å². The summed E-state index contributed by atoms with van der Waals surface area (Å²) in [6.07, 6.45) is 0. The number of thiophene rings is 1. The summed E-state index contributed by atoms with van der Waals surface area (Å²) in [5.41, 5.74) is 2.32. The lowest BCUT2D eigenvalue weighted by molar-refractivity contribution is 0.617. The van der Waals surface area contributed by atoms with Crippen molar-refractivity contribution in [1.82, 2.24) is 5.32 Å². The highest BCUT2D eigenvalue weighted by molar-refractivity contribution is 9.10. The Kier molecular flexibility index (Phi) is 3.97. The molecule has 0 fully saturated rings. The molecule has 1 unspecified atom stereocenters. The predicted molar refractivity (Wildman–Crippen MR) is 74.1 cm³/mol. The van der Waals surface area contributed by atoms with E-state index in [1.165, 1.54) is 16.5 Å². The Morgan fingerprint density at radius 3 is 2.65 bits per heavy atom. The Hall–Kier alpha value is -0.710. The van der Waals surface area contributed by atoms with E-state index in [0.717, 1.165) is 5.56 Å². The van der Waals surface area contributed by atoms with Gasteiger partial charge in [-0.05, 0) is 64.6 Å². The molecule has 1 heterocycles. The Morgan fingerprint density at radius 2 is 2.12 bits per heavy atom. The van der Waals surface area contributed by atoms with Crippen LogP contribution in [0.25, 0.3) is 0 Å². The molecule has 0 radical (unpaired) electrons. The summed E-state index contributed by atoms with van der Waals surface area (Å²) in [6, 6.07) is 7.36. The van der Waals surface area contributed by atoms with Crippen LogP contribution in [0.4, 0.5) is 4.39 Å². The number of nitrogens with one attached hydrogen (secondary N) is 1. The molecule has 1 aromatic carbocycles. The number of benzene rings is 1. The van der Waals surface area contributed by atoms with E-state index < -0.39 is 0 Å². The summed E-state index contributed by atoms with van der Waals surface area (Å²) >= 11 is 4.94. The van der Waals surface area contributed by atoms with Gasteiger partial charge >= 0.3 is 0 Å². The van der Waals surface area contributed by atoms with Crippen LogP contribution in [0.1, 0.15) is 22.0 Å². The van der Waals surface area contributed by atoms with Crippen molar-refractivity contribution in [3.63, 3.8) is 0 Å². The largest absolute Gasteiger partial charge is 0.309 e. The van der Waals surface area contributed by atoms with Crippen molar-refractivity contribution in [3.05, 3.63) is 55.9 Å². The first-order chi connectivity index (χ1) is 8.13. The van der Waals surface area contributed by atoms with Crippen molar-refractivity contribution in [3.8, 4) is 0 Å². The first kappa shape index (κ1) is 12.7. The number of hydrogen-bond donors (Lipinski definition) is 1. The van der Waals surface area contributed by atoms with Crippen LogP contribution in [0.5, 0.6) is 0 Å². The zero-order chi connectivity index (χ0) is 12.4. The van der Waals surface area contributed by atoms with Gasteiger partial charge in [-0.15, -0.1) is 11.3 Å². The highest BCUT2D eigenvalue weighted by Gasteiger charge is 2.16. The van der Waals surface area contributed by atoms with E-state index in [0.29, 0.717) is 4.47 Å². The van der Waals surface area contributed by atoms with Gasteiger partial charge in [-0.1, -0.05) is 6.07 Å². The predicted octanol–water partition coefficient (Wildman–Crippen LogP) is 4.27. The molecule has 0 bridgehead atoms. The summed E-state index contributed by atoms with van der Waals surface area (Å²) < 4.78 is 13.7. The quantitative estimate of drug-likeness (QED) is 0.892. The molecule has 90 valence electrons. The van der Waals surface area contributed by atoms with E-state index in [1.807, 2.05) is 19.2 Å². The molecule has 0 amide bonds. The van der Waals surface area contributed by atoms with Gasteiger partial charge in [0.25, 0.3) is 0 Å². The minimum absolute atomic E-state index is 0.117. The summed E-state index contributed by atoms with van der Waals surface area (Å²) in [6.45, 7) is 2.09. The second kappa shape index (κ2) is 5.29. The molecule has 17 heavy (non-hydrogen) atoms. The number of rotatable bonds is 3. The third kappa shape index (κ3) is 2.59. The minimum atomic E-state index is -0.230. The smallest absolute Gasteiger partial charge is 0.137 e. The van der Waals surface area contributed by atoms with Gasteiger partial charge in [-0.25, -0.2) is 4.39 Å². The number of hydrogen-bond acceptors (Lipinski definition) is 2. The monoisotopic (exact) mass is 313 g/mol. The van der Waals surface area contributed by atoms with E-state index in [1.54, 1.807) is 11.3 Å². The van der Waals surface area contributed by atoms with E-state index in [9.17, 15) is 4.39 Å². The second-order valence-electron chi connectivity index (χ2n) is 3.86. The fourth-order valence-electron chi connectivity index (χ4n) is 1.82. The Balaban J connectivity index is 2.42. The summed E-state index contributed by atoms with van der Waals surface area (Å²) in [4.78, 5) is 1.27. The molecular formula is C13H13BrFNS. The first-order valence-corrected chi connectivity index (χ1v) is 6.97. The second-order valence-corrected chi connectivity index (χ2v) is 5.67. The third-order valence-corrected chi connectivity index (χ3v) is 4.42. The molecule has 1 N–H and O–H groups in total. The highest BCUT2D eigenvalue weighted by atomic mass is 79.9. The van der Waals surface area contributed by atoms with E-state index in [2.05, 4.69) is 39.6 Å². The van der Waals surface area contributed by atoms with Gasteiger partial charge < -0.3 is 5.32 Å². The molecule has 0 spiro atoms. The average Bonchev–Trinajstić information content (AvgIpc) is 2.71. The third-order valence-electron chi connectivity index (χ3n) is 2.73. The normalized spacial score (nSPS) is 12.7. The molecule has 2 aromatic rings. The molecule has 0 saturated carbocycles. The standard InChI is InChI=1S/C13H13BrFNS/c1-8-5-6-17-13(8)12(16-2)9-3-4-11(15)10(14)7-9/h3-7,12,16H,1-2H3. The van der Waals surface area contributed by atoms with Crippen molar-refractivity contribution >= 4 is 27.3 Å². The van der Waals surface area contributed by atoms with Gasteiger partial charge in [-0.3, -0.25) is 0 Å². The summed E-state index contributed by atoms with van der Waals surface area (Å²) in [5, 5.41) is 5.35. The van der Waals surface area contributed by atoms with Gasteiger partial charge in [0.2, 0.25) is 0 Å². The SMILES string of the molecule is CNC(c1ccc(F)c(Br)c1)c1sccc1C. The first-order valence-electron chi connectivity index (χ1n) is 5.29. The highest BCUT2D eigenvalue weighted by Crippen LogP contribution is 2.31. The van der Waals surface area contributed by atoms with E-state index in [4.69, 9.17) is 0 Å². The number of aryl methyl sites for hydroxylation is 1. The minimum Gasteiger partial charge on any atom is -0.309 e. The van der Waals surface area contributed by atoms with Crippen molar-refractivity contribution in [2.24, 2.45) is 0 Å². The maximum Gasteiger partial charge on any atom is 0.137 e. The topological polar surface area (TPSA) is 12.0 Å². The van der Waals surface area contributed by atoms with Gasteiger partial charge in [0.05, 0.1) is 10.5 Å². The molecule has 0 aliphatic carbocycles. The van der Waals surface area contributed by atoms with Crippen LogP contribution in [0.3, 0.4) is 0 Å². The van der Waals surface area contributed by atoms with Gasteiger partial charge in [-0.2, -0.15) is 0 Å². The van der Waals surface area contributed by atoms with E-state index in [-0.39, 0.29) is 11.9 Å². The Labute approximate surface area is 113 Å². The molecule has 1 atom stereocenters. The molecule has 2 rings (SSSR count). The lowest BCUT2D eigenvalue weighted by atomic mass is 10.0. The van der Waals surface area contributed by atoms with Crippen LogP contribution < -0.4 is 5.32 Å². The van der Waals surface area contributed by atoms with Gasteiger partial charge in [0, 0.05) is 4.88 Å². The van der Waals surface area contributed by atoms with Crippen LogP contribution in [0.15, 0.2) is 34.1 Å². The van der Waals surface area contributed by atoms with Crippen molar-refractivity contribution < 1.29 is 4.39 Å². The fourth-order valence-corrected chi connectivity index (χ4v) is 3.28. The summed E-state index contributed by atoms with van der Waals surface area (Å²) in [7, 11) is 1.92. The van der Waals surface area contributed by atoms with Crippen molar-refractivity contribution in [2.45, 2.75) is 13.0 Å². The van der Waals surface area contributed by atoms with Crippen LogP contribution in [-0.2, 0) is 0 Å². The summed E-state index contributed by atoms with van der Waals surface area (Å²) in [5.74, 6) is -0.230. The van der Waals surface area contributed by atoms with Gasteiger partial charge in [0.15, 0.2) is 0 Å². The molecule has 0 aliphatic heterocycles. The average molecular weight is 314 g/mol. The Morgan fingerprint density at radius 1 is 1.35 bits per heavy atom. The van der Waals surface area contributed by atoms with Crippen LogP contribution in [0, 0.1) is 12.7 Å². The van der Waals surface area contributed by atoms with Gasteiger partial charge in [0.1, 0.15) is 5.82 Å². The maximum atomic E-state index is 13.2. The zero-order valence-electron chi connectivity index (χ0n) is 9.63. The molecule has 4 heteroatoms. The van der Waals surface area contributed by atoms with Crippen molar-refractivity contribution in [2.75, 3.05) is 7.05 Å². The lowest BCUT2D eigenvalue weighted by Gasteiger charge is -2.17. The molecular weight excluding hydrogens is 301 g/mol. The maximum absolute atomic E-state index is 13.2. The lowest BCUT2D eigenvalue weighted by Crippen LogP contribution is -2.17. The molecule has 1 aromatic heterocycles. The van der Waals surface area contributed by atoms with E-state index >= 15 is 0 Å². The molecule has 0 saturated heterocycles. The molecule has 1 nitrogen and oxygen atoms in total. The zero-order valence-corrected chi connectivity index (χ0v) is 12.0. The Bertz CT molecular complexity index is 524.